The average Bonchev–Trinajstić information content (AvgIpc) is 1.65. The second-order valence-corrected chi connectivity index (χ2v) is 25.6. The predicted octanol–water partition coefficient (Wildman–Crippen LogP) is 14.1. The highest BCUT2D eigenvalue weighted by molar-refractivity contribution is 7.86. The van der Waals surface area contributed by atoms with Crippen molar-refractivity contribution in [1.29, 1.82) is 0 Å². The number of H-pyrrole nitrogens is 1. The van der Waals surface area contributed by atoms with E-state index >= 15 is 0 Å². The molecule has 0 bridgehead atoms. The van der Waals surface area contributed by atoms with Crippen molar-refractivity contribution >= 4 is 43.9 Å². The molecule has 4 aromatic carbocycles. The van der Waals surface area contributed by atoms with Crippen molar-refractivity contribution in [2.75, 3.05) is 73.7 Å². The summed E-state index contributed by atoms with van der Waals surface area (Å²) in [6.07, 6.45) is 9.37. The number of halogens is 1. The Balaban J connectivity index is 0.000000183. The van der Waals surface area contributed by atoms with Crippen LogP contribution in [0.5, 0.6) is 11.6 Å². The molecule has 98 heavy (non-hydrogen) atoms. The van der Waals surface area contributed by atoms with Gasteiger partial charge in [0.1, 0.15) is 53.3 Å². The standard InChI is InChI=1S/C33H41N3O7.C27H33NO6S.C14H16FNO4/c1-5-39-33(37)29-17-25-18-31(41-15-14-38-4)34-20-30(25)36(29)12-13-40-26-10-7-11-27(19-26)42-21-28-23(3)43-32(35-28)24-9-6-8-22(2)16-24;1-19-10-12-25(13-11-19)35(29,30)33-15-14-31-23-8-5-9-24(17-23)32-18-26-21(3)34-27(28-26)22-7-4-6-20(2)16-22;1-3-19-14(17)12-7-9-6-10(20-5-4-18-2)8-11(15)13(9)16-12/h6,8-9,16-18,20,26-27H,5,7,10-15,19,21H2,1-4H3;4,6-7,10-13,16,23-24H,5,8-9,14-15,17-18H2,1-3H3;6-8,16H,3-5H2,1-2H3/t26-,27+;23-,24+;/m11./s1. The maximum atomic E-state index is 13.9. The number of aromatic amines is 1. The van der Waals surface area contributed by atoms with Gasteiger partial charge in [-0.2, -0.15) is 8.42 Å². The fourth-order valence-corrected chi connectivity index (χ4v) is 12.3. The zero-order chi connectivity index (χ0) is 69.6. The summed E-state index contributed by atoms with van der Waals surface area (Å²) in [5, 5.41) is 1.41. The monoisotopic (exact) mass is 1370 g/mol. The predicted molar refractivity (Wildman–Crippen MR) is 365 cm³/mol. The Morgan fingerprint density at radius 2 is 1.16 bits per heavy atom. The molecule has 11 rings (SSSR count). The van der Waals surface area contributed by atoms with Crippen LogP contribution < -0.4 is 9.47 Å². The van der Waals surface area contributed by atoms with E-state index in [-0.39, 0.29) is 66.3 Å². The Kier molecular flexibility index (Phi) is 27.5. The molecule has 22 nitrogen and oxygen atoms in total. The number of carbonyl (C=O) groups is 2. The summed E-state index contributed by atoms with van der Waals surface area (Å²) in [6.45, 7) is 17.4. The molecule has 0 unspecified atom stereocenters. The lowest BCUT2D eigenvalue weighted by atomic mass is 9.95. The molecule has 0 spiro atoms. The normalized spacial score (nSPS) is 16.3. The van der Waals surface area contributed by atoms with E-state index in [0.29, 0.717) is 93.9 Å². The van der Waals surface area contributed by atoms with Crippen molar-refractivity contribution in [3.63, 3.8) is 0 Å². The van der Waals surface area contributed by atoms with Crippen LogP contribution in [-0.4, -0.2) is 143 Å². The Labute approximate surface area is 571 Å². The van der Waals surface area contributed by atoms with Crippen molar-refractivity contribution in [2.45, 2.75) is 149 Å². The van der Waals surface area contributed by atoms with E-state index in [2.05, 4.69) is 40.1 Å². The molecule has 2 aliphatic rings. The van der Waals surface area contributed by atoms with E-state index in [1.54, 1.807) is 70.7 Å². The highest BCUT2D eigenvalue weighted by Crippen LogP contribution is 2.32. The van der Waals surface area contributed by atoms with Gasteiger partial charge in [-0.1, -0.05) is 53.1 Å². The topological polar surface area (TPSA) is 255 Å². The molecule has 526 valence electrons. The van der Waals surface area contributed by atoms with Crippen LogP contribution in [0.25, 0.3) is 44.7 Å². The Morgan fingerprint density at radius 3 is 1.73 bits per heavy atom. The fraction of sp³-hybridized carbons (Fsp3) is 0.446. The largest absolute Gasteiger partial charge is 0.491 e. The molecule has 24 heteroatoms. The first-order valence-electron chi connectivity index (χ1n) is 33.3. The Bertz CT molecular complexity index is 4150. The van der Waals surface area contributed by atoms with Crippen molar-refractivity contribution in [3.8, 4) is 34.5 Å². The summed E-state index contributed by atoms with van der Waals surface area (Å²) in [5.41, 5.74) is 8.63. The number of rotatable bonds is 30. The first kappa shape index (κ1) is 73.9. The van der Waals surface area contributed by atoms with Crippen LogP contribution in [0.1, 0.15) is 126 Å². The lowest BCUT2D eigenvalue weighted by molar-refractivity contribution is -0.0553. The number of aryl methyl sites for hydroxylation is 5. The van der Waals surface area contributed by atoms with Crippen LogP contribution in [0, 0.1) is 40.4 Å². The molecule has 2 fully saturated rings. The quantitative estimate of drug-likeness (QED) is 0.0249. The molecule has 4 atom stereocenters. The van der Waals surface area contributed by atoms with Gasteiger partial charge in [0.2, 0.25) is 17.7 Å². The molecule has 0 aliphatic heterocycles. The maximum Gasteiger partial charge on any atom is 0.354 e. The summed E-state index contributed by atoms with van der Waals surface area (Å²) in [4.78, 5) is 41.0. The van der Waals surface area contributed by atoms with Gasteiger partial charge in [0.15, 0.2) is 5.82 Å². The van der Waals surface area contributed by atoms with Crippen LogP contribution in [-0.2, 0) is 72.0 Å². The van der Waals surface area contributed by atoms with Crippen LogP contribution in [0.3, 0.4) is 0 Å². The van der Waals surface area contributed by atoms with Crippen molar-refractivity contribution in [1.82, 2.24) is 24.5 Å². The summed E-state index contributed by atoms with van der Waals surface area (Å²) in [5.74, 6) is 2.27. The molecule has 0 radical (unpaired) electrons. The second kappa shape index (κ2) is 36.5. The van der Waals surface area contributed by atoms with Crippen LogP contribution in [0.4, 0.5) is 4.39 Å². The molecule has 9 aromatic rings. The Morgan fingerprint density at radius 1 is 0.602 bits per heavy atom. The van der Waals surface area contributed by atoms with Crippen molar-refractivity contribution in [2.24, 2.45) is 0 Å². The number of benzene rings is 4. The van der Waals surface area contributed by atoms with E-state index in [1.165, 1.54) is 6.07 Å². The average molecular weight is 1370 g/mol. The molecular formula is C74H90FN5O17S. The molecule has 5 aromatic heterocycles. The van der Waals surface area contributed by atoms with E-state index < -0.39 is 21.9 Å². The minimum absolute atomic E-state index is 0.0145. The number of aromatic nitrogens is 5. The number of pyridine rings is 1. The third-order valence-corrected chi connectivity index (χ3v) is 17.9. The fourth-order valence-electron chi connectivity index (χ4n) is 11.5. The molecule has 2 aliphatic carbocycles. The van der Waals surface area contributed by atoms with E-state index in [0.717, 1.165) is 113 Å². The number of ether oxygens (including phenoxy) is 10. The van der Waals surface area contributed by atoms with Gasteiger partial charge in [-0.3, -0.25) is 4.18 Å². The highest BCUT2D eigenvalue weighted by atomic mass is 32.2. The van der Waals surface area contributed by atoms with E-state index in [1.807, 2.05) is 74.7 Å². The smallest absolute Gasteiger partial charge is 0.354 e. The first-order chi connectivity index (χ1) is 47.4. The summed E-state index contributed by atoms with van der Waals surface area (Å²) in [6, 6.07) is 30.9. The van der Waals surface area contributed by atoms with E-state index in [4.69, 9.17) is 65.4 Å². The number of nitrogens with one attached hydrogen (secondary N) is 1. The molecule has 2 saturated carbocycles. The number of hydrogen-bond acceptors (Lipinski definition) is 20. The zero-order valence-corrected chi connectivity index (χ0v) is 58.2. The third kappa shape index (κ3) is 21.1. The second-order valence-electron chi connectivity index (χ2n) is 24.0. The summed E-state index contributed by atoms with van der Waals surface area (Å²) in [7, 11) is -0.594. The number of fused-ring (bicyclic) bond motifs is 2. The number of methoxy groups -OCH3 is 2. The number of nitrogens with zero attached hydrogens (tertiary/aromatic N) is 4. The first-order valence-corrected chi connectivity index (χ1v) is 34.7. The number of hydrogen-bond donors (Lipinski definition) is 1. The maximum absolute atomic E-state index is 13.9. The Hall–Kier alpha value is -8.33. The zero-order valence-electron chi connectivity index (χ0n) is 57.4. The lowest BCUT2D eigenvalue weighted by Gasteiger charge is -2.29. The van der Waals surface area contributed by atoms with Gasteiger partial charge in [-0.25, -0.2) is 28.9 Å². The molecular weight excluding hydrogens is 1280 g/mol. The molecule has 5 heterocycles. The minimum atomic E-state index is -3.78. The van der Waals surface area contributed by atoms with Gasteiger partial charge in [-0.15, -0.1) is 0 Å². The van der Waals surface area contributed by atoms with Gasteiger partial charge >= 0.3 is 11.9 Å². The van der Waals surface area contributed by atoms with Gasteiger partial charge < -0.3 is 65.8 Å². The van der Waals surface area contributed by atoms with Crippen molar-refractivity contribution in [3.05, 3.63) is 166 Å². The lowest BCUT2D eigenvalue weighted by Crippen LogP contribution is -2.29. The molecule has 1 N–H and O–H groups in total. The minimum Gasteiger partial charge on any atom is -0.491 e. The number of oxazole rings is 2. The SMILES string of the molecule is CCOC(=O)c1cc2cc(OCCOC)cc(F)c2[nH]1.CCOC(=O)c1cc2cc(OCCOC)ncc2n1CCO[C@@H]1CCC[C@H](OCc2nc(-c3cccc(C)c3)oc2C)C1.Cc1ccc(S(=O)(=O)OCCO[C@@H]2CCC[C@H](OCc3nc(-c4cccc(C)c4)oc3C)C2)cc1. The third-order valence-electron chi connectivity index (χ3n) is 16.5. The van der Waals surface area contributed by atoms with Gasteiger partial charge in [0.25, 0.3) is 10.1 Å². The van der Waals surface area contributed by atoms with Crippen molar-refractivity contribution < 1.29 is 82.8 Å². The summed E-state index contributed by atoms with van der Waals surface area (Å²) >= 11 is 0. The van der Waals surface area contributed by atoms with E-state index in [9.17, 15) is 22.4 Å². The van der Waals surface area contributed by atoms with Crippen LogP contribution >= 0.6 is 0 Å². The van der Waals surface area contributed by atoms with Crippen LogP contribution in [0.2, 0.25) is 0 Å². The number of carbonyl (C=O) groups excluding carboxylic acids is 2. The van der Waals surface area contributed by atoms with Gasteiger partial charge in [-0.05, 0) is 154 Å². The molecule has 0 saturated heterocycles. The van der Waals surface area contributed by atoms with Gasteiger partial charge in [0.05, 0.1) is 106 Å². The summed E-state index contributed by atoms with van der Waals surface area (Å²) < 4.78 is 113. The van der Waals surface area contributed by atoms with Crippen LogP contribution in [0.15, 0.2) is 123 Å². The molecule has 0 amide bonds. The number of esters is 2. The highest BCUT2D eigenvalue weighted by Gasteiger charge is 2.28. The van der Waals surface area contributed by atoms with Gasteiger partial charge in [0, 0.05) is 54.8 Å².